The number of carbonyl (C=O) groups is 2. The van der Waals surface area contributed by atoms with Crippen molar-refractivity contribution in [2.24, 2.45) is 7.05 Å². The van der Waals surface area contributed by atoms with Crippen LogP contribution in [0.3, 0.4) is 0 Å². The van der Waals surface area contributed by atoms with Gasteiger partial charge in [0.25, 0.3) is 0 Å². The van der Waals surface area contributed by atoms with Gasteiger partial charge in [0, 0.05) is 0 Å². The Kier molecular flexibility index (Phi) is 5.33. The van der Waals surface area contributed by atoms with E-state index in [9.17, 15) is 14.0 Å². The van der Waals surface area contributed by atoms with Crippen molar-refractivity contribution in [2.75, 3.05) is 23.4 Å². The number of rotatable bonds is 6. The van der Waals surface area contributed by atoms with Crippen molar-refractivity contribution in [2.45, 2.75) is 6.42 Å². The average molecular weight is 419 g/mol. The minimum absolute atomic E-state index is 0.161. The molecule has 0 aliphatic rings. The molecule has 0 saturated heterocycles. The fraction of sp³-hybridized carbons (Fsp3) is 0.357. The van der Waals surface area contributed by atoms with Gasteiger partial charge in [-0.2, -0.15) is 0 Å². The number of benzene rings is 1. The van der Waals surface area contributed by atoms with E-state index in [-0.39, 0.29) is 45.9 Å². The fourth-order valence-corrected chi connectivity index (χ4v) is 3.42. The van der Waals surface area contributed by atoms with Crippen LogP contribution in [0.4, 0.5) is 10.2 Å². The summed E-state index contributed by atoms with van der Waals surface area (Å²) < 4.78 is 16.4. The van der Waals surface area contributed by atoms with E-state index in [0.29, 0.717) is 21.2 Å². The predicted molar refractivity (Wildman–Crippen MR) is 77.4 cm³/mol. The van der Waals surface area contributed by atoms with E-state index in [0.717, 1.165) is 5.52 Å². The predicted octanol–water partition coefficient (Wildman–Crippen LogP) is -2.30. The molecule has 0 saturated carbocycles. The summed E-state index contributed by atoms with van der Waals surface area (Å²) in [4.78, 5) is 26.0. The van der Waals surface area contributed by atoms with Crippen LogP contribution in [-0.4, -0.2) is 40.6 Å². The molecular weight excluding hydrogens is 402 g/mol. The Morgan fingerprint density at radius 1 is 1.55 bits per heavy atom. The van der Waals surface area contributed by atoms with Crippen LogP contribution in [0.2, 0.25) is 0 Å². The van der Waals surface area contributed by atoms with E-state index >= 15 is 0 Å². The molecular formula is C14H17FIN4O2-. The molecule has 0 fully saturated rings. The van der Waals surface area contributed by atoms with Crippen LogP contribution >= 0.6 is 0 Å². The van der Waals surface area contributed by atoms with Gasteiger partial charge in [0.15, 0.2) is 0 Å². The first kappa shape index (κ1) is 16.7. The van der Waals surface area contributed by atoms with Gasteiger partial charge in [-0.15, -0.1) is 0 Å². The van der Waals surface area contributed by atoms with Crippen LogP contribution in [0.25, 0.3) is 10.9 Å². The van der Waals surface area contributed by atoms with Crippen LogP contribution in [-0.2, 0) is 16.6 Å². The summed E-state index contributed by atoms with van der Waals surface area (Å²) in [6.45, 7) is 0.194. The molecule has 8 heteroatoms. The zero-order chi connectivity index (χ0) is 16.3. The molecule has 0 radical (unpaired) electrons. The monoisotopic (exact) mass is 419 g/mol. The number of alkyl halides is 1. The summed E-state index contributed by atoms with van der Waals surface area (Å²) >= 11 is -0.381. The SMILES string of the molecule is CNC(=O)CCN(C=O)c1nn(C)c2cc([I-]C)c(F)cc12. The van der Waals surface area contributed by atoms with Gasteiger partial charge in [0.2, 0.25) is 0 Å². The molecule has 2 aromatic rings. The van der Waals surface area contributed by atoms with Crippen molar-refractivity contribution in [3.05, 3.63) is 21.5 Å². The van der Waals surface area contributed by atoms with Crippen molar-refractivity contribution in [3.8, 4) is 0 Å². The second-order valence-corrected chi connectivity index (χ2v) is 6.88. The maximum atomic E-state index is 14.1. The fourth-order valence-electron chi connectivity index (χ4n) is 2.15. The van der Waals surface area contributed by atoms with Crippen LogP contribution in [0.15, 0.2) is 12.1 Å². The summed E-state index contributed by atoms with van der Waals surface area (Å²) in [5.41, 5.74) is 0.778. The Morgan fingerprint density at radius 2 is 2.27 bits per heavy atom. The number of anilines is 1. The minimum atomic E-state index is -0.381. The number of aryl methyl sites for hydroxylation is 1. The third kappa shape index (κ3) is 3.21. The Hall–Kier alpha value is -1.71. The van der Waals surface area contributed by atoms with E-state index in [4.69, 9.17) is 0 Å². The third-order valence-corrected chi connectivity index (χ3v) is 5.32. The second kappa shape index (κ2) is 7.03. The number of hydrogen-bond acceptors (Lipinski definition) is 3. The van der Waals surface area contributed by atoms with Crippen LogP contribution < -0.4 is 31.4 Å². The standard InChI is InChI=1S/C14H17FIN4O2/c1-16-11-7-12-9(6-10(11)15)14(18-19(12)3)20(8-21)5-4-13(22)17-2/h6-8H,4-5H2,1-3H3,(H,17,22)/q-1. The van der Waals surface area contributed by atoms with Crippen molar-refractivity contribution in [3.63, 3.8) is 0 Å². The van der Waals surface area contributed by atoms with E-state index in [1.165, 1.54) is 18.0 Å². The number of nitrogens with one attached hydrogen (secondary N) is 1. The summed E-state index contributed by atoms with van der Waals surface area (Å²) in [5.74, 6) is -0.0679. The molecule has 6 nitrogen and oxygen atoms in total. The van der Waals surface area contributed by atoms with Gasteiger partial charge in [-0.25, -0.2) is 0 Å². The van der Waals surface area contributed by atoms with Gasteiger partial charge in [-0.05, 0) is 0 Å². The normalized spacial score (nSPS) is 10.9. The number of nitrogens with zero attached hydrogens (tertiary/aromatic N) is 3. The Bertz CT molecular complexity index is 716. The summed E-state index contributed by atoms with van der Waals surface area (Å²) in [6, 6.07) is 3.21. The molecule has 0 bridgehead atoms. The van der Waals surface area contributed by atoms with Crippen molar-refractivity contribution in [1.82, 2.24) is 15.1 Å². The number of hydrogen-bond donors (Lipinski definition) is 1. The molecule has 1 N–H and O–H groups in total. The molecule has 0 aliphatic heterocycles. The van der Waals surface area contributed by atoms with Gasteiger partial charge in [-0.3, -0.25) is 0 Å². The number of halogens is 2. The summed E-state index contributed by atoms with van der Waals surface area (Å²) in [5, 5.41) is 7.38. The Labute approximate surface area is 137 Å². The van der Waals surface area contributed by atoms with Crippen molar-refractivity contribution < 1.29 is 35.2 Å². The van der Waals surface area contributed by atoms with E-state index in [1.807, 2.05) is 4.93 Å². The average Bonchev–Trinajstić information content (AvgIpc) is 2.83. The van der Waals surface area contributed by atoms with Gasteiger partial charge < -0.3 is 0 Å². The van der Waals surface area contributed by atoms with Crippen molar-refractivity contribution >= 4 is 29.0 Å². The number of amides is 2. The van der Waals surface area contributed by atoms with Gasteiger partial charge >= 0.3 is 138 Å². The zero-order valence-corrected chi connectivity index (χ0v) is 14.7. The maximum absolute atomic E-state index is 14.1. The molecule has 2 rings (SSSR count). The van der Waals surface area contributed by atoms with E-state index in [2.05, 4.69) is 10.4 Å². The quantitative estimate of drug-likeness (QED) is 0.326. The van der Waals surface area contributed by atoms with Crippen LogP contribution in [0, 0.1) is 9.39 Å². The molecule has 0 unspecified atom stereocenters. The van der Waals surface area contributed by atoms with E-state index < -0.39 is 0 Å². The summed E-state index contributed by atoms with van der Waals surface area (Å²) in [6.07, 6.45) is 0.775. The molecule has 0 aliphatic carbocycles. The van der Waals surface area contributed by atoms with Gasteiger partial charge in [0.05, 0.1) is 0 Å². The molecule has 1 heterocycles. The topological polar surface area (TPSA) is 67.2 Å². The molecule has 1 aromatic heterocycles. The Morgan fingerprint density at radius 3 is 2.86 bits per heavy atom. The first-order valence-electron chi connectivity index (χ1n) is 6.60. The molecule has 1 aromatic carbocycles. The molecule has 2 amide bonds. The van der Waals surface area contributed by atoms with Crippen molar-refractivity contribution in [1.29, 1.82) is 0 Å². The van der Waals surface area contributed by atoms with Crippen LogP contribution in [0.1, 0.15) is 6.42 Å². The molecule has 0 spiro atoms. The number of aromatic nitrogens is 2. The number of fused-ring (bicyclic) bond motifs is 1. The van der Waals surface area contributed by atoms with Gasteiger partial charge in [0.1, 0.15) is 0 Å². The van der Waals surface area contributed by atoms with E-state index in [1.54, 1.807) is 17.8 Å². The number of carbonyl (C=O) groups excluding carboxylic acids is 2. The Balaban J connectivity index is 2.43. The third-order valence-electron chi connectivity index (χ3n) is 3.33. The zero-order valence-electron chi connectivity index (χ0n) is 12.6. The molecule has 120 valence electrons. The van der Waals surface area contributed by atoms with Crippen LogP contribution in [0.5, 0.6) is 0 Å². The van der Waals surface area contributed by atoms with Gasteiger partial charge in [-0.1, -0.05) is 0 Å². The first-order valence-corrected chi connectivity index (χ1v) is 9.83. The molecule has 22 heavy (non-hydrogen) atoms. The molecule has 0 atom stereocenters. The summed E-state index contributed by atoms with van der Waals surface area (Å²) in [7, 11) is 3.29. The first-order chi connectivity index (χ1) is 10.5. The second-order valence-electron chi connectivity index (χ2n) is 4.64.